The Morgan fingerprint density at radius 3 is 2.56 bits per heavy atom. The van der Waals surface area contributed by atoms with E-state index in [4.69, 9.17) is 21.9 Å². The maximum Gasteiger partial charge on any atom is 0.337 e. The molecule has 0 radical (unpaired) electrons. The van der Waals surface area contributed by atoms with Crippen LogP contribution in [0.1, 0.15) is 40.5 Å². The second-order valence-electron chi connectivity index (χ2n) is 8.04. The van der Waals surface area contributed by atoms with Gasteiger partial charge in [0, 0.05) is 18.7 Å². The summed E-state index contributed by atoms with van der Waals surface area (Å²) in [5.74, 6) is -1.26. The van der Waals surface area contributed by atoms with Crippen molar-refractivity contribution >= 4 is 40.2 Å². The van der Waals surface area contributed by atoms with Crippen LogP contribution in [0.25, 0.3) is 11.0 Å². The van der Waals surface area contributed by atoms with Gasteiger partial charge in [0.1, 0.15) is 0 Å². The molecule has 1 aromatic heterocycles. The van der Waals surface area contributed by atoms with Crippen molar-refractivity contribution in [2.24, 2.45) is 11.5 Å². The van der Waals surface area contributed by atoms with Crippen LogP contribution in [0, 0.1) is 0 Å². The van der Waals surface area contributed by atoms with Crippen LogP contribution in [0.2, 0.25) is 0 Å². The predicted molar refractivity (Wildman–Crippen MR) is 123 cm³/mol. The Balaban J connectivity index is 1.43. The van der Waals surface area contributed by atoms with E-state index in [2.05, 4.69) is 15.2 Å². The number of esters is 1. The second kappa shape index (κ2) is 8.04. The fourth-order valence-corrected chi connectivity index (χ4v) is 4.14. The maximum atomic E-state index is 11.7. The van der Waals surface area contributed by atoms with Crippen molar-refractivity contribution in [2.45, 2.75) is 32.1 Å². The fraction of sp³-hybridized carbons (Fsp3) is 0.318. The standard InChI is InChI=1S/C22H27N7O3/c1-22(25)27-16-11-13(19(23)30)5-8-18(16)29(22)10-4-3-9-28-17-7-6-14(20(31)32-2)12-15(17)26-21(28)24/h5-8,11-12,27H,3-4,9-10,25H2,1-2H3,(H2,23,30)(H2,24,26)/t22-/m0/s1. The molecular weight excluding hydrogens is 410 g/mol. The first-order valence-electron chi connectivity index (χ1n) is 10.3. The van der Waals surface area contributed by atoms with E-state index < -0.39 is 17.7 Å². The number of anilines is 3. The van der Waals surface area contributed by atoms with E-state index in [0.29, 0.717) is 35.7 Å². The Morgan fingerprint density at radius 2 is 1.84 bits per heavy atom. The van der Waals surface area contributed by atoms with Gasteiger partial charge >= 0.3 is 5.97 Å². The molecule has 1 aliphatic heterocycles. The number of hydrogen-bond donors (Lipinski definition) is 4. The summed E-state index contributed by atoms with van der Waals surface area (Å²) in [6.45, 7) is 3.27. The molecule has 10 nitrogen and oxygen atoms in total. The molecule has 0 saturated heterocycles. The predicted octanol–water partition coefficient (Wildman–Crippen LogP) is 1.85. The number of ether oxygens (including phenoxy) is 1. The number of carbonyl (C=O) groups is 2. The average molecular weight is 438 g/mol. The third kappa shape index (κ3) is 3.80. The number of unbranched alkanes of at least 4 members (excludes halogenated alkanes) is 1. The van der Waals surface area contributed by atoms with Gasteiger partial charge in [-0.25, -0.2) is 9.78 Å². The van der Waals surface area contributed by atoms with Gasteiger partial charge in [-0.15, -0.1) is 0 Å². The van der Waals surface area contributed by atoms with Crippen molar-refractivity contribution in [3.63, 3.8) is 0 Å². The quantitative estimate of drug-likeness (QED) is 0.322. The van der Waals surface area contributed by atoms with Gasteiger partial charge in [0.25, 0.3) is 0 Å². The number of carbonyl (C=O) groups excluding carboxylic acids is 2. The van der Waals surface area contributed by atoms with Gasteiger partial charge in [0.05, 0.1) is 35.1 Å². The number of aryl methyl sites for hydroxylation is 1. The number of nitrogens with zero attached hydrogens (tertiary/aromatic N) is 3. The normalized spacial score (nSPS) is 17.3. The number of fused-ring (bicyclic) bond motifs is 2. The zero-order valence-corrected chi connectivity index (χ0v) is 18.1. The Bertz CT molecular complexity index is 1200. The highest BCUT2D eigenvalue weighted by Crippen LogP contribution is 2.38. The van der Waals surface area contributed by atoms with Gasteiger partial charge in [0.15, 0.2) is 5.79 Å². The van der Waals surface area contributed by atoms with Crippen molar-refractivity contribution < 1.29 is 14.3 Å². The molecule has 0 fully saturated rings. The molecule has 32 heavy (non-hydrogen) atoms. The highest BCUT2D eigenvalue weighted by atomic mass is 16.5. The van der Waals surface area contributed by atoms with Crippen LogP contribution >= 0.6 is 0 Å². The van der Waals surface area contributed by atoms with Crippen LogP contribution in [0.5, 0.6) is 0 Å². The summed E-state index contributed by atoms with van der Waals surface area (Å²) < 4.78 is 6.70. The number of benzene rings is 2. The Labute approximate surface area is 185 Å². The van der Waals surface area contributed by atoms with Gasteiger partial charge in [-0.2, -0.15) is 0 Å². The molecule has 7 N–H and O–H groups in total. The number of amides is 1. The van der Waals surface area contributed by atoms with Crippen LogP contribution in [-0.2, 0) is 11.3 Å². The average Bonchev–Trinajstić information content (AvgIpc) is 3.20. The van der Waals surface area contributed by atoms with Crippen molar-refractivity contribution in [3.05, 3.63) is 47.5 Å². The summed E-state index contributed by atoms with van der Waals surface area (Å²) >= 11 is 0. The highest BCUT2D eigenvalue weighted by molar-refractivity contribution is 5.96. The number of nitrogens with one attached hydrogen (secondary N) is 1. The third-order valence-electron chi connectivity index (χ3n) is 5.73. The molecule has 1 aliphatic rings. The van der Waals surface area contributed by atoms with Gasteiger partial charge < -0.3 is 31.0 Å². The van der Waals surface area contributed by atoms with E-state index in [1.807, 2.05) is 23.6 Å². The molecule has 0 bridgehead atoms. The first kappa shape index (κ1) is 21.4. The van der Waals surface area contributed by atoms with E-state index in [0.717, 1.165) is 29.7 Å². The Hall–Kier alpha value is -3.79. The summed E-state index contributed by atoms with van der Waals surface area (Å²) in [4.78, 5) is 29.7. The number of imidazole rings is 1. The third-order valence-corrected chi connectivity index (χ3v) is 5.73. The summed E-state index contributed by atoms with van der Waals surface area (Å²) in [7, 11) is 1.34. The molecular formula is C22H27N7O3. The number of nitrogen functional groups attached to an aromatic ring is 1. The number of nitrogens with two attached hydrogens (primary N) is 3. The number of primary amides is 1. The lowest BCUT2D eigenvalue weighted by Gasteiger charge is -2.33. The summed E-state index contributed by atoms with van der Waals surface area (Å²) in [6.07, 6.45) is 1.69. The number of rotatable bonds is 7. The molecule has 1 atom stereocenters. The number of aromatic nitrogens is 2. The molecule has 3 aromatic rings. The lowest BCUT2D eigenvalue weighted by atomic mass is 10.1. The molecule has 4 rings (SSSR count). The minimum absolute atomic E-state index is 0.401. The SMILES string of the molecule is COC(=O)c1ccc2c(c1)nc(N)n2CCCCN1c2ccc(C(N)=O)cc2N[C@]1(C)N. The van der Waals surface area contributed by atoms with Crippen molar-refractivity contribution in [1.82, 2.24) is 9.55 Å². The highest BCUT2D eigenvalue weighted by Gasteiger charge is 2.35. The van der Waals surface area contributed by atoms with E-state index in [1.165, 1.54) is 7.11 Å². The van der Waals surface area contributed by atoms with Crippen molar-refractivity contribution in [3.8, 4) is 0 Å². The van der Waals surface area contributed by atoms with E-state index in [1.54, 1.807) is 24.3 Å². The molecule has 0 aliphatic carbocycles. The monoisotopic (exact) mass is 437 g/mol. The molecule has 0 saturated carbocycles. The molecule has 2 heterocycles. The number of methoxy groups -OCH3 is 1. The first-order chi connectivity index (χ1) is 15.2. The molecule has 0 unspecified atom stereocenters. The Kier molecular flexibility index (Phi) is 5.39. The fourth-order valence-electron chi connectivity index (χ4n) is 4.14. The van der Waals surface area contributed by atoms with Gasteiger partial charge in [-0.1, -0.05) is 0 Å². The van der Waals surface area contributed by atoms with Crippen molar-refractivity contribution in [1.29, 1.82) is 0 Å². The lowest BCUT2D eigenvalue weighted by Crippen LogP contribution is -2.56. The van der Waals surface area contributed by atoms with E-state index >= 15 is 0 Å². The van der Waals surface area contributed by atoms with Crippen LogP contribution in [0.15, 0.2) is 36.4 Å². The smallest absolute Gasteiger partial charge is 0.337 e. The molecule has 2 aromatic carbocycles. The van der Waals surface area contributed by atoms with Gasteiger partial charge in [-0.05, 0) is 56.2 Å². The van der Waals surface area contributed by atoms with Crippen LogP contribution < -0.4 is 27.4 Å². The molecule has 10 heteroatoms. The maximum absolute atomic E-state index is 11.7. The second-order valence-corrected chi connectivity index (χ2v) is 8.04. The van der Waals surface area contributed by atoms with Crippen molar-refractivity contribution in [2.75, 3.05) is 29.6 Å². The minimum Gasteiger partial charge on any atom is -0.465 e. The van der Waals surface area contributed by atoms with Gasteiger partial charge in [-0.3, -0.25) is 10.5 Å². The number of hydrogen-bond acceptors (Lipinski definition) is 8. The largest absolute Gasteiger partial charge is 0.465 e. The lowest BCUT2D eigenvalue weighted by molar-refractivity contribution is 0.0600. The topological polar surface area (TPSA) is 155 Å². The summed E-state index contributed by atoms with van der Waals surface area (Å²) in [5.41, 5.74) is 22.1. The molecule has 1 amide bonds. The first-order valence-corrected chi connectivity index (χ1v) is 10.3. The van der Waals surface area contributed by atoms with E-state index in [9.17, 15) is 9.59 Å². The van der Waals surface area contributed by atoms with Gasteiger partial charge in [0.2, 0.25) is 11.9 Å². The van der Waals surface area contributed by atoms with Crippen LogP contribution in [0.3, 0.4) is 0 Å². The zero-order chi connectivity index (χ0) is 23.0. The van der Waals surface area contributed by atoms with E-state index in [-0.39, 0.29) is 0 Å². The summed E-state index contributed by atoms with van der Waals surface area (Å²) in [6, 6.07) is 10.5. The van der Waals surface area contributed by atoms with Crippen LogP contribution in [0.4, 0.5) is 17.3 Å². The Morgan fingerprint density at radius 1 is 1.12 bits per heavy atom. The zero-order valence-electron chi connectivity index (χ0n) is 18.1. The minimum atomic E-state index is -0.774. The van der Waals surface area contributed by atoms with Crippen LogP contribution in [-0.4, -0.2) is 40.9 Å². The molecule has 0 spiro atoms. The molecule has 168 valence electrons. The summed E-state index contributed by atoms with van der Waals surface area (Å²) in [5, 5.41) is 3.25.